The number of fused-ring (bicyclic) bond motifs is 1. The van der Waals surface area contributed by atoms with Crippen molar-refractivity contribution in [3.63, 3.8) is 0 Å². The normalized spacial score (nSPS) is 19.3. The van der Waals surface area contributed by atoms with Crippen molar-refractivity contribution in [2.24, 2.45) is 0 Å². The molecule has 0 amide bonds. The van der Waals surface area contributed by atoms with E-state index in [4.69, 9.17) is 9.47 Å². The fourth-order valence-electron chi connectivity index (χ4n) is 3.28. The molecule has 3 heteroatoms. The molecule has 0 fully saturated rings. The van der Waals surface area contributed by atoms with Gasteiger partial charge in [0.15, 0.2) is 11.9 Å². The summed E-state index contributed by atoms with van der Waals surface area (Å²) in [6.07, 6.45) is 2.45. The van der Waals surface area contributed by atoms with Gasteiger partial charge in [0.25, 0.3) is 0 Å². The SMILES string of the molecule is Cc1c(C)c2c(c(C)c1OCc1ccccc1)CC[C@](C)(C=O)O2. The molecule has 2 aromatic rings. The van der Waals surface area contributed by atoms with E-state index in [0.29, 0.717) is 13.0 Å². The van der Waals surface area contributed by atoms with Crippen molar-refractivity contribution >= 4 is 6.29 Å². The number of aldehydes is 1. The predicted octanol–water partition coefficient (Wildman–Crippen LogP) is 4.47. The number of hydrogen-bond acceptors (Lipinski definition) is 3. The van der Waals surface area contributed by atoms with Crippen molar-refractivity contribution in [1.29, 1.82) is 0 Å². The molecule has 1 aliphatic heterocycles. The molecule has 0 N–H and O–H groups in total. The third-order valence-electron chi connectivity index (χ3n) is 4.99. The Balaban J connectivity index is 1.95. The van der Waals surface area contributed by atoms with E-state index in [1.54, 1.807) is 0 Å². The first-order chi connectivity index (χ1) is 11.4. The fourth-order valence-corrected chi connectivity index (χ4v) is 3.28. The predicted molar refractivity (Wildman–Crippen MR) is 94.8 cm³/mol. The summed E-state index contributed by atoms with van der Waals surface area (Å²) in [7, 11) is 0. The van der Waals surface area contributed by atoms with E-state index in [9.17, 15) is 4.79 Å². The zero-order valence-corrected chi connectivity index (χ0v) is 14.8. The van der Waals surface area contributed by atoms with E-state index in [1.807, 2.05) is 32.0 Å². The van der Waals surface area contributed by atoms with Crippen LogP contribution >= 0.6 is 0 Å². The second-order valence-corrected chi connectivity index (χ2v) is 6.82. The van der Waals surface area contributed by atoms with Crippen molar-refractivity contribution in [2.75, 3.05) is 0 Å². The molecular formula is C21H24O3. The summed E-state index contributed by atoms with van der Waals surface area (Å²) in [4.78, 5) is 11.3. The lowest BCUT2D eigenvalue weighted by Gasteiger charge is -2.34. The van der Waals surface area contributed by atoms with E-state index in [-0.39, 0.29) is 0 Å². The molecule has 3 nitrogen and oxygen atoms in total. The number of ether oxygens (including phenoxy) is 2. The molecule has 0 spiro atoms. The summed E-state index contributed by atoms with van der Waals surface area (Å²) in [5.41, 5.74) is 4.86. The van der Waals surface area contributed by atoms with Gasteiger partial charge in [-0.05, 0) is 62.8 Å². The minimum Gasteiger partial charge on any atom is -0.488 e. The highest BCUT2D eigenvalue weighted by Gasteiger charge is 2.34. The van der Waals surface area contributed by atoms with Crippen molar-refractivity contribution in [1.82, 2.24) is 0 Å². The molecule has 2 aromatic carbocycles. The van der Waals surface area contributed by atoms with E-state index in [1.165, 1.54) is 5.56 Å². The van der Waals surface area contributed by atoms with Gasteiger partial charge in [0.1, 0.15) is 18.1 Å². The average Bonchev–Trinajstić information content (AvgIpc) is 2.60. The zero-order valence-electron chi connectivity index (χ0n) is 14.8. The van der Waals surface area contributed by atoms with E-state index < -0.39 is 5.60 Å². The lowest BCUT2D eigenvalue weighted by molar-refractivity contribution is -0.121. The molecule has 0 bridgehead atoms. The first-order valence-electron chi connectivity index (χ1n) is 8.40. The van der Waals surface area contributed by atoms with Gasteiger partial charge in [-0.25, -0.2) is 0 Å². The van der Waals surface area contributed by atoms with Crippen LogP contribution in [0.3, 0.4) is 0 Å². The van der Waals surface area contributed by atoms with E-state index in [0.717, 1.165) is 46.5 Å². The van der Waals surface area contributed by atoms with Gasteiger partial charge in [-0.3, -0.25) is 4.79 Å². The average molecular weight is 324 g/mol. The number of rotatable bonds is 4. The van der Waals surface area contributed by atoms with Crippen LogP contribution in [-0.4, -0.2) is 11.9 Å². The number of hydrogen-bond donors (Lipinski definition) is 0. The number of carbonyl (C=O) groups is 1. The highest BCUT2D eigenvalue weighted by atomic mass is 16.5. The van der Waals surface area contributed by atoms with Gasteiger partial charge in [-0.2, -0.15) is 0 Å². The lowest BCUT2D eigenvalue weighted by Crippen LogP contribution is -2.38. The quantitative estimate of drug-likeness (QED) is 0.778. The molecule has 3 rings (SSSR count). The van der Waals surface area contributed by atoms with Crippen molar-refractivity contribution in [2.45, 2.75) is 52.7 Å². The number of carbonyl (C=O) groups excluding carboxylic acids is 1. The molecule has 0 aromatic heterocycles. The van der Waals surface area contributed by atoms with Crippen molar-refractivity contribution < 1.29 is 14.3 Å². The summed E-state index contributed by atoms with van der Waals surface area (Å²) < 4.78 is 12.2. The molecule has 0 aliphatic carbocycles. The molecule has 0 saturated carbocycles. The van der Waals surface area contributed by atoms with Crippen LogP contribution in [-0.2, 0) is 17.8 Å². The Kier molecular flexibility index (Phi) is 4.35. The fraction of sp³-hybridized carbons (Fsp3) is 0.381. The Morgan fingerprint density at radius 2 is 1.83 bits per heavy atom. The summed E-state index contributed by atoms with van der Waals surface area (Å²) in [5.74, 6) is 1.80. The highest BCUT2D eigenvalue weighted by molar-refractivity contribution is 5.66. The molecule has 24 heavy (non-hydrogen) atoms. The molecule has 0 unspecified atom stereocenters. The summed E-state index contributed by atoms with van der Waals surface area (Å²) >= 11 is 0. The van der Waals surface area contributed by atoms with Gasteiger partial charge in [0.2, 0.25) is 0 Å². The molecule has 1 heterocycles. The maximum Gasteiger partial charge on any atom is 0.163 e. The van der Waals surface area contributed by atoms with Gasteiger partial charge in [-0.15, -0.1) is 0 Å². The minimum atomic E-state index is -0.719. The standard InChI is InChI=1S/C21H24O3/c1-14-15(2)20-18(10-11-21(4,13-22)24-20)16(3)19(14)23-12-17-8-6-5-7-9-17/h5-9,13H,10-12H2,1-4H3/t21-/m1/s1. The molecule has 0 saturated heterocycles. The zero-order chi connectivity index (χ0) is 17.3. The highest BCUT2D eigenvalue weighted by Crippen LogP contribution is 2.43. The van der Waals surface area contributed by atoms with Crippen LogP contribution in [0.2, 0.25) is 0 Å². The van der Waals surface area contributed by atoms with Gasteiger partial charge in [0, 0.05) is 5.56 Å². The van der Waals surface area contributed by atoms with Crippen LogP contribution in [0.5, 0.6) is 11.5 Å². The van der Waals surface area contributed by atoms with Crippen LogP contribution < -0.4 is 9.47 Å². The molecule has 1 atom stereocenters. The smallest absolute Gasteiger partial charge is 0.163 e. The van der Waals surface area contributed by atoms with Gasteiger partial charge in [0.05, 0.1) is 0 Å². The third-order valence-corrected chi connectivity index (χ3v) is 4.99. The second kappa shape index (κ2) is 6.31. The van der Waals surface area contributed by atoms with Gasteiger partial charge in [-0.1, -0.05) is 30.3 Å². The first-order valence-corrected chi connectivity index (χ1v) is 8.40. The van der Waals surface area contributed by atoms with Crippen LogP contribution in [0, 0.1) is 20.8 Å². The monoisotopic (exact) mass is 324 g/mol. The second-order valence-electron chi connectivity index (χ2n) is 6.82. The summed E-state index contributed by atoms with van der Waals surface area (Å²) in [6.45, 7) is 8.58. The molecule has 0 radical (unpaired) electrons. The molecule has 126 valence electrons. The van der Waals surface area contributed by atoms with Crippen LogP contribution in [0.15, 0.2) is 30.3 Å². The van der Waals surface area contributed by atoms with Crippen LogP contribution in [0.25, 0.3) is 0 Å². The Morgan fingerprint density at radius 1 is 1.12 bits per heavy atom. The maximum absolute atomic E-state index is 11.3. The number of benzene rings is 2. The van der Waals surface area contributed by atoms with Gasteiger partial charge >= 0.3 is 0 Å². The topological polar surface area (TPSA) is 35.5 Å². The molecular weight excluding hydrogens is 300 g/mol. The first kappa shape index (κ1) is 16.6. The third kappa shape index (κ3) is 2.91. The maximum atomic E-state index is 11.3. The summed E-state index contributed by atoms with van der Waals surface area (Å²) in [5, 5.41) is 0. The van der Waals surface area contributed by atoms with Crippen LogP contribution in [0.4, 0.5) is 0 Å². The van der Waals surface area contributed by atoms with E-state index >= 15 is 0 Å². The Bertz CT molecular complexity index is 765. The van der Waals surface area contributed by atoms with Crippen molar-refractivity contribution in [3.05, 3.63) is 58.1 Å². The summed E-state index contributed by atoms with van der Waals surface area (Å²) in [6, 6.07) is 10.2. The largest absolute Gasteiger partial charge is 0.488 e. The Hall–Kier alpha value is -2.29. The van der Waals surface area contributed by atoms with Crippen molar-refractivity contribution in [3.8, 4) is 11.5 Å². The van der Waals surface area contributed by atoms with Crippen LogP contribution in [0.1, 0.15) is 41.2 Å². The van der Waals surface area contributed by atoms with E-state index in [2.05, 4.69) is 26.0 Å². The molecule has 1 aliphatic rings. The Morgan fingerprint density at radius 3 is 2.50 bits per heavy atom. The lowest BCUT2D eigenvalue weighted by atomic mass is 9.88. The Labute approximate surface area is 143 Å². The minimum absolute atomic E-state index is 0.549. The van der Waals surface area contributed by atoms with Gasteiger partial charge < -0.3 is 9.47 Å².